The van der Waals surface area contributed by atoms with Crippen molar-refractivity contribution in [1.82, 2.24) is 0 Å². The molecule has 1 atom stereocenters. The van der Waals surface area contributed by atoms with E-state index in [1.54, 1.807) is 0 Å². The second-order valence-electron chi connectivity index (χ2n) is 6.85. The van der Waals surface area contributed by atoms with Crippen molar-refractivity contribution in [1.29, 1.82) is 0 Å². The Kier molecular flexibility index (Phi) is 2.15. The summed E-state index contributed by atoms with van der Waals surface area (Å²) in [6.45, 7) is 8.81. The molecule has 0 heteroatoms. The second kappa shape index (κ2) is 3.25. The molecule has 0 saturated heterocycles. The van der Waals surface area contributed by atoms with Gasteiger partial charge in [-0.25, -0.2) is 0 Å². The van der Waals surface area contributed by atoms with E-state index in [0.29, 0.717) is 5.41 Å². The summed E-state index contributed by atoms with van der Waals surface area (Å²) in [6.07, 6.45) is 8.25. The van der Waals surface area contributed by atoms with E-state index in [2.05, 4.69) is 27.7 Å². The van der Waals surface area contributed by atoms with E-state index in [-0.39, 0.29) is 11.3 Å². The molecule has 0 aromatic carbocycles. The first-order valence-corrected chi connectivity index (χ1v) is 6.24. The molecule has 0 heterocycles. The van der Waals surface area contributed by atoms with Gasteiger partial charge in [0.05, 0.1) is 0 Å². The van der Waals surface area contributed by atoms with Crippen LogP contribution in [0, 0.1) is 22.6 Å². The van der Waals surface area contributed by atoms with Crippen molar-refractivity contribution in [3.63, 3.8) is 0 Å². The summed E-state index contributed by atoms with van der Waals surface area (Å²) in [4.78, 5) is 0. The summed E-state index contributed by atoms with van der Waals surface area (Å²) in [5.74, 6) is 0.757. The number of hydrogen-bond acceptors (Lipinski definition) is 0. The molecular weight excluding hydrogens is 168 g/mol. The fraction of sp³-hybridized carbons (Fsp3) is 1.00. The molecule has 0 aromatic rings. The lowest BCUT2D eigenvalue weighted by Crippen LogP contribution is -2.25. The minimum Gasteiger partial charge on any atom is -0.0620 e. The van der Waals surface area contributed by atoms with Gasteiger partial charge in [-0.3, -0.25) is 0 Å². The third kappa shape index (κ3) is 1.85. The van der Waals surface area contributed by atoms with Gasteiger partial charge < -0.3 is 0 Å². The third-order valence-corrected chi connectivity index (χ3v) is 4.81. The highest BCUT2D eigenvalue weighted by atomic mass is 14.5. The lowest BCUT2D eigenvalue weighted by Gasteiger charge is -2.36. The van der Waals surface area contributed by atoms with Gasteiger partial charge in [-0.15, -0.1) is 0 Å². The maximum atomic E-state index is 8.59. The normalized spacial score (nSPS) is 42.3. The molecule has 0 aliphatic heterocycles. The highest BCUT2D eigenvalue weighted by molar-refractivity contribution is 4.97. The van der Waals surface area contributed by atoms with Crippen LogP contribution in [-0.4, -0.2) is 0 Å². The van der Waals surface area contributed by atoms with Crippen LogP contribution < -0.4 is 0 Å². The summed E-state index contributed by atoms with van der Waals surface area (Å²) in [5, 5.41) is 0. The van der Waals surface area contributed by atoms with Gasteiger partial charge in [-0.05, 0) is 61.2 Å². The third-order valence-electron chi connectivity index (χ3n) is 4.81. The Morgan fingerprint density at radius 2 is 1.93 bits per heavy atom. The van der Waals surface area contributed by atoms with Crippen molar-refractivity contribution in [2.24, 2.45) is 22.6 Å². The average molecular weight is 195 g/mol. The van der Waals surface area contributed by atoms with Crippen LogP contribution in [-0.2, 0) is 0 Å². The number of rotatable bonds is 2. The van der Waals surface area contributed by atoms with E-state index in [0.717, 1.165) is 12.3 Å². The highest BCUT2D eigenvalue weighted by Crippen LogP contribution is 2.58. The molecule has 2 aliphatic carbocycles. The van der Waals surface area contributed by atoms with Crippen LogP contribution in [0.5, 0.6) is 0 Å². The van der Waals surface area contributed by atoms with E-state index in [4.69, 9.17) is 1.37 Å². The molecule has 0 N–H and O–H groups in total. The number of hydrogen-bond donors (Lipinski definition) is 0. The monoisotopic (exact) mass is 195 g/mol. The Balaban J connectivity index is 2.08. The fourth-order valence-electron chi connectivity index (χ4n) is 3.39. The molecule has 0 radical (unpaired) electrons. The van der Waals surface area contributed by atoms with Gasteiger partial charge >= 0.3 is 0 Å². The van der Waals surface area contributed by atoms with Crippen molar-refractivity contribution in [3.05, 3.63) is 0 Å². The maximum Gasteiger partial charge on any atom is 0.0305 e. The molecule has 0 aromatic heterocycles. The lowest BCUT2D eigenvalue weighted by molar-refractivity contribution is 0.148. The van der Waals surface area contributed by atoms with Gasteiger partial charge in [-0.1, -0.05) is 27.7 Å². The standard InChI is InChI=1S/C14H26/c1-11(13(2,3)4)9-14-7-5-12(10-14)6-8-14/h11-12H,5-10H2,1-4H3/i11D. The first-order chi connectivity index (χ1) is 6.74. The van der Waals surface area contributed by atoms with Crippen molar-refractivity contribution in [3.8, 4) is 0 Å². The van der Waals surface area contributed by atoms with Gasteiger partial charge in [0.25, 0.3) is 0 Å². The molecule has 0 nitrogen and oxygen atoms in total. The molecule has 82 valence electrons. The molecule has 2 rings (SSSR count). The van der Waals surface area contributed by atoms with Crippen LogP contribution in [0.4, 0.5) is 0 Å². The first kappa shape index (κ1) is 9.24. The zero-order valence-corrected chi connectivity index (χ0v) is 10.3. The van der Waals surface area contributed by atoms with Crippen LogP contribution in [0.1, 0.15) is 67.6 Å². The van der Waals surface area contributed by atoms with E-state index in [1.807, 2.05) is 0 Å². The summed E-state index contributed by atoms with van der Waals surface area (Å²) in [6, 6.07) is 0. The average Bonchev–Trinajstić information content (AvgIpc) is 2.59. The van der Waals surface area contributed by atoms with Crippen molar-refractivity contribution >= 4 is 0 Å². The van der Waals surface area contributed by atoms with Crippen LogP contribution >= 0.6 is 0 Å². The van der Waals surface area contributed by atoms with E-state index < -0.39 is 0 Å². The molecule has 14 heavy (non-hydrogen) atoms. The topological polar surface area (TPSA) is 0 Å². The van der Waals surface area contributed by atoms with Gasteiger partial charge in [0.2, 0.25) is 0 Å². The molecule has 2 saturated carbocycles. The minimum atomic E-state index is -0.258. The molecule has 2 fully saturated rings. The largest absolute Gasteiger partial charge is 0.0620 e. The van der Waals surface area contributed by atoms with Crippen molar-refractivity contribution in [2.45, 2.75) is 66.2 Å². The molecular formula is C14H26. The highest BCUT2D eigenvalue weighted by Gasteiger charge is 2.45. The van der Waals surface area contributed by atoms with Crippen LogP contribution in [0.15, 0.2) is 0 Å². The Labute approximate surface area is 90.9 Å². The first-order valence-electron chi connectivity index (χ1n) is 6.74. The SMILES string of the molecule is [2H]C(C)(CC12CCC(CC1)C2)C(C)(C)C. The zero-order valence-electron chi connectivity index (χ0n) is 11.3. The van der Waals surface area contributed by atoms with Crippen LogP contribution in [0.3, 0.4) is 0 Å². The van der Waals surface area contributed by atoms with Gasteiger partial charge in [0, 0.05) is 1.37 Å². The van der Waals surface area contributed by atoms with E-state index in [1.165, 1.54) is 32.1 Å². The molecule has 2 bridgehead atoms. The Morgan fingerprint density at radius 3 is 2.29 bits per heavy atom. The molecule has 2 aliphatic rings. The van der Waals surface area contributed by atoms with Gasteiger partial charge in [0.15, 0.2) is 0 Å². The lowest BCUT2D eigenvalue weighted by atomic mass is 9.70. The Bertz CT molecular complexity index is 239. The summed E-state index contributed by atoms with van der Waals surface area (Å²) >= 11 is 0. The predicted molar refractivity (Wildman–Crippen MR) is 62.2 cm³/mol. The zero-order chi connectivity index (χ0) is 11.3. The minimum absolute atomic E-state index is 0.114. The van der Waals surface area contributed by atoms with Crippen molar-refractivity contribution < 1.29 is 1.37 Å². The summed E-state index contributed by atoms with van der Waals surface area (Å²) < 4.78 is 8.59. The van der Waals surface area contributed by atoms with E-state index >= 15 is 0 Å². The summed E-state index contributed by atoms with van der Waals surface area (Å²) in [5.41, 5.74) is 0.677. The predicted octanol–water partition coefficient (Wildman–Crippen LogP) is 4.64. The van der Waals surface area contributed by atoms with Gasteiger partial charge in [-0.2, -0.15) is 0 Å². The summed E-state index contributed by atoms with van der Waals surface area (Å²) in [7, 11) is 0. The molecule has 0 amide bonds. The van der Waals surface area contributed by atoms with E-state index in [9.17, 15) is 0 Å². The second-order valence-corrected chi connectivity index (χ2v) is 6.85. The Morgan fingerprint density at radius 1 is 1.36 bits per heavy atom. The molecule has 0 spiro atoms. The van der Waals surface area contributed by atoms with Crippen LogP contribution in [0.25, 0.3) is 0 Å². The number of fused-ring (bicyclic) bond motifs is 2. The smallest absolute Gasteiger partial charge is 0.0305 e. The van der Waals surface area contributed by atoms with Crippen molar-refractivity contribution in [2.75, 3.05) is 0 Å². The maximum absolute atomic E-state index is 8.59. The van der Waals surface area contributed by atoms with Gasteiger partial charge in [0.1, 0.15) is 0 Å². The van der Waals surface area contributed by atoms with Crippen LogP contribution in [0.2, 0.25) is 0 Å². The molecule has 1 unspecified atom stereocenters. The Hall–Kier alpha value is 0. The quantitative estimate of drug-likeness (QED) is 0.602. The fourth-order valence-corrected chi connectivity index (χ4v) is 3.39.